The summed E-state index contributed by atoms with van der Waals surface area (Å²) in [7, 11) is 0. The molecule has 4 rings (SSSR count). The van der Waals surface area contributed by atoms with E-state index >= 15 is 0 Å². The molecule has 1 aromatic carbocycles. The van der Waals surface area contributed by atoms with Crippen molar-refractivity contribution in [2.75, 3.05) is 24.1 Å². The zero-order valence-electron chi connectivity index (χ0n) is 17.0. The first-order valence-corrected chi connectivity index (χ1v) is 10.6. The van der Waals surface area contributed by atoms with E-state index in [1.807, 2.05) is 23.1 Å². The second kappa shape index (κ2) is 8.69. The number of amides is 2. The van der Waals surface area contributed by atoms with Crippen LogP contribution in [0.1, 0.15) is 48.0 Å². The molecule has 1 aliphatic heterocycles. The van der Waals surface area contributed by atoms with Crippen molar-refractivity contribution in [1.82, 2.24) is 14.9 Å². The Balaban J connectivity index is 1.50. The fourth-order valence-electron chi connectivity index (χ4n) is 4.43. The summed E-state index contributed by atoms with van der Waals surface area (Å²) in [5, 5.41) is 3.14. The fourth-order valence-corrected chi connectivity index (χ4v) is 4.43. The number of rotatable bonds is 6. The number of nitrogens with one attached hydrogen (secondary N) is 1. The average molecular weight is 409 g/mol. The second-order valence-electron chi connectivity index (χ2n) is 8.21. The van der Waals surface area contributed by atoms with Crippen LogP contribution in [-0.2, 0) is 11.2 Å². The molecule has 158 valence electrons. The van der Waals surface area contributed by atoms with Gasteiger partial charge in [0.15, 0.2) is 0 Å². The van der Waals surface area contributed by atoms with E-state index in [2.05, 4.69) is 21.4 Å². The number of nitrogens with zero attached hydrogens (tertiary/aromatic N) is 3. The van der Waals surface area contributed by atoms with Gasteiger partial charge < -0.3 is 21.7 Å². The number of carbonyl (C=O) groups excluding carboxylic acids is 2. The number of hydrogen-bond donors (Lipinski definition) is 3. The van der Waals surface area contributed by atoms with Gasteiger partial charge in [-0.05, 0) is 49.3 Å². The van der Waals surface area contributed by atoms with Gasteiger partial charge in [0.05, 0.1) is 0 Å². The Bertz CT molecular complexity index is 943. The summed E-state index contributed by atoms with van der Waals surface area (Å²) in [5.41, 5.74) is 13.2. The van der Waals surface area contributed by atoms with Gasteiger partial charge in [-0.2, -0.15) is 4.98 Å². The van der Waals surface area contributed by atoms with Gasteiger partial charge >= 0.3 is 0 Å². The minimum Gasteiger partial charge on any atom is -0.368 e. The van der Waals surface area contributed by atoms with Gasteiger partial charge in [-0.25, -0.2) is 4.98 Å². The molecule has 2 amide bonds. The second-order valence-corrected chi connectivity index (χ2v) is 8.21. The van der Waals surface area contributed by atoms with E-state index < -0.39 is 5.91 Å². The van der Waals surface area contributed by atoms with Crippen LogP contribution in [0.5, 0.6) is 0 Å². The minimum absolute atomic E-state index is 0.0632. The Hall–Kier alpha value is -3.16. The van der Waals surface area contributed by atoms with E-state index in [1.54, 1.807) is 0 Å². The number of hydrogen-bond acceptors (Lipinski definition) is 6. The highest BCUT2D eigenvalue weighted by Crippen LogP contribution is 2.35. The van der Waals surface area contributed by atoms with Crippen LogP contribution < -0.4 is 16.8 Å². The Morgan fingerprint density at radius 1 is 1.17 bits per heavy atom. The number of carbonyl (C=O) groups is 2. The van der Waals surface area contributed by atoms with E-state index in [0.717, 1.165) is 56.4 Å². The standard InChI is InChI=1S/C22H28N6O2/c23-19(29)18-13-25-22(24)27-20(18)26-16-7-3-5-14(12-16)11-15-6-1-2-8-17(15)21(30)28-9-4-10-28/h3,5,7,12-13,15,17H,1-2,4,6,8-11H2,(H2,23,29)(H3,24,25,26,27)/t15?,17-/m1/s1. The molecule has 2 atom stereocenters. The molecule has 2 heterocycles. The van der Waals surface area contributed by atoms with Crippen molar-refractivity contribution in [3.8, 4) is 0 Å². The third-order valence-electron chi connectivity index (χ3n) is 6.15. The summed E-state index contributed by atoms with van der Waals surface area (Å²) in [5.74, 6) is 0.548. The fraction of sp³-hybridized carbons (Fsp3) is 0.455. The van der Waals surface area contributed by atoms with Crippen LogP contribution in [0.3, 0.4) is 0 Å². The molecule has 2 aromatic rings. The monoisotopic (exact) mass is 408 g/mol. The number of nitrogen functional groups attached to an aromatic ring is 1. The van der Waals surface area contributed by atoms with Gasteiger partial charge in [0, 0.05) is 30.9 Å². The maximum absolute atomic E-state index is 12.9. The topological polar surface area (TPSA) is 127 Å². The summed E-state index contributed by atoms with van der Waals surface area (Å²) >= 11 is 0. The largest absolute Gasteiger partial charge is 0.368 e. The van der Waals surface area contributed by atoms with Gasteiger partial charge in [-0.15, -0.1) is 0 Å². The SMILES string of the molecule is NC(=O)c1cnc(N)nc1Nc1cccc(CC2CCCC[C@H]2C(=O)N2CCC2)c1. The summed E-state index contributed by atoms with van der Waals surface area (Å²) < 4.78 is 0. The predicted molar refractivity (Wildman–Crippen MR) is 115 cm³/mol. The zero-order valence-corrected chi connectivity index (χ0v) is 17.0. The Kier molecular flexibility index (Phi) is 5.83. The lowest BCUT2D eigenvalue weighted by molar-refractivity contribution is -0.142. The van der Waals surface area contributed by atoms with Crippen LogP contribution in [0, 0.1) is 11.8 Å². The van der Waals surface area contributed by atoms with E-state index in [0.29, 0.717) is 11.8 Å². The number of anilines is 3. The minimum atomic E-state index is -0.622. The quantitative estimate of drug-likeness (QED) is 0.674. The molecule has 0 spiro atoms. The van der Waals surface area contributed by atoms with Crippen molar-refractivity contribution in [3.63, 3.8) is 0 Å². The smallest absolute Gasteiger partial charge is 0.254 e. The molecular weight excluding hydrogens is 380 g/mol. The molecule has 0 bridgehead atoms. The lowest BCUT2D eigenvalue weighted by atomic mass is 9.75. The summed E-state index contributed by atoms with van der Waals surface area (Å²) in [4.78, 5) is 34.5. The summed E-state index contributed by atoms with van der Waals surface area (Å²) in [6, 6.07) is 7.97. The van der Waals surface area contributed by atoms with Crippen molar-refractivity contribution >= 4 is 29.3 Å². The first-order valence-electron chi connectivity index (χ1n) is 10.6. The number of primary amides is 1. The van der Waals surface area contributed by atoms with Crippen LogP contribution in [0.15, 0.2) is 30.5 Å². The number of nitrogens with two attached hydrogens (primary N) is 2. The molecule has 2 aliphatic rings. The molecule has 5 N–H and O–H groups in total. The Morgan fingerprint density at radius 3 is 2.70 bits per heavy atom. The molecule has 1 aliphatic carbocycles. The lowest BCUT2D eigenvalue weighted by Gasteiger charge is -2.38. The highest BCUT2D eigenvalue weighted by Gasteiger charge is 2.35. The Labute approximate surface area is 176 Å². The van der Waals surface area contributed by atoms with Crippen molar-refractivity contribution in [3.05, 3.63) is 41.6 Å². The first-order chi connectivity index (χ1) is 14.5. The van der Waals surface area contributed by atoms with E-state index in [-0.39, 0.29) is 23.2 Å². The van der Waals surface area contributed by atoms with Crippen LogP contribution in [0.2, 0.25) is 0 Å². The molecular formula is C22H28N6O2. The molecule has 1 unspecified atom stereocenters. The van der Waals surface area contributed by atoms with Gasteiger partial charge in [0.25, 0.3) is 5.91 Å². The molecule has 0 radical (unpaired) electrons. The summed E-state index contributed by atoms with van der Waals surface area (Å²) in [6.07, 6.45) is 7.68. The third-order valence-corrected chi connectivity index (χ3v) is 6.15. The van der Waals surface area contributed by atoms with E-state index in [1.165, 1.54) is 12.6 Å². The molecule has 8 nitrogen and oxygen atoms in total. The van der Waals surface area contributed by atoms with E-state index in [9.17, 15) is 9.59 Å². The Morgan fingerprint density at radius 2 is 1.97 bits per heavy atom. The van der Waals surface area contributed by atoms with Crippen LogP contribution in [0.4, 0.5) is 17.5 Å². The molecule has 1 saturated carbocycles. The van der Waals surface area contributed by atoms with Gasteiger partial charge in [-0.1, -0.05) is 25.0 Å². The molecule has 30 heavy (non-hydrogen) atoms. The third kappa shape index (κ3) is 4.37. The molecule has 8 heteroatoms. The number of aromatic nitrogens is 2. The normalized spacial score (nSPS) is 21.0. The molecule has 2 fully saturated rings. The maximum atomic E-state index is 12.9. The van der Waals surface area contributed by atoms with Crippen molar-refractivity contribution in [2.24, 2.45) is 17.6 Å². The van der Waals surface area contributed by atoms with Crippen molar-refractivity contribution in [1.29, 1.82) is 0 Å². The average Bonchev–Trinajstić information content (AvgIpc) is 2.67. The van der Waals surface area contributed by atoms with Gasteiger partial charge in [0.2, 0.25) is 11.9 Å². The van der Waals surface area contributed by atoms with Crippen molar-refractivity contribution < 1.29 is 9.59 Å². The first kappa shape index (κ1) is 20.1. The number of likely N-dealkylation sites (tertiary alicyclic amines) is 1. The maximum Gasteiger partial charge on any atom is 0.254 e. The highest BCUT2D eigenvalue weighted by atomic mass is 16.2. The van der Waals surface area contributed by atoms with Gasteiger partial charge in [-0.3, -0.25) is 9.59 Å². The van der Waals surface area contributed by atoms with Crippen LogP contribution in [0.25, 0.3) is 0 Å². The predicted octanol–water partition coefficient (Wildman–Crippen LogP) is 2.48. The van der Waals surface area contributed by atoms with Crippen molar-refractivity contribution in [2.45, 2.75) is 38.5 Å². The zero-order chi connectivity index (χ0) is 21.1. The van der Waals surface area contributed by atoms with Crippen LogP contribution in [-0.4, -0.2) is 39.8 Å². The lowest BCUT2D eigenvalue weighted by Crippen LogP contribution is -2.47. The van der Waals surface area contributed by atoms with Gasteiger partial charge in [0.1, 0.15) is 11.4 Å². The van der Waals surface area contributed by atoms with Crippen LogP contribution >= 0.6 is 0 Å². The summed E-state index contributed by atoms with van der Waals surface area (Å²) in [6.45, 7) is 1.82. The molecule has 1 saturated heterocycles. The van der Waals surface area contributed by atoms with E-state index in [4.69, 9.17) is 11.5 Å². The highest BCUT2D eigenvalue weighted by molar-refractivity contribution is 5.98. The number of benzene rings is 1. The molecule has 1 aromatic heterocycles.